The highest BCUT2D eigenvalue weighted by Gasteiger charge is 2.23. The van der Waals surface area contributed by atoms with E-state index in [9.17, 15) is 19.2 Å². The largest absolute Gasteiger partial charge is 0.459 e. The van der Waals surface area contributed by atoms with E-state index < -0.39 is 35.0 Å². The van der Waals surface area contributed by atoms with Gasteiger partial charge >= 0.3 is 17.8 Å². The summed E-state index contributed by atoms with van der Waals surface area (Å²) in [7, 11) is 0. The summed E-state index contributed by atoms with van der Waals surface area (Å²) in [4.78, 5) is 48.4. The number of carbonyl (C=O) groups is 2. The van der Waals surface area contributed by atoms with E-state index in [4.69, 9.17) is 15.2 Å². The molecule has 10 heteroatoms. The minimum absolute atomic E-state index is 0.0981. The number of nitrogens with one attached hydrogen (secondary N) is 1. The Morgan fingerprint density at radius 1 is 1.16 bits per heavy atom. The quantitative estimate of drug-likeness (QED) is 0.583. The van der Waals surface area contributed by atoms with Crippen LogP contribution in [0.25, 0.3) is 0 Å². The van der Waals surface area contributed by atoms with E-state index in [0.717, 1.165) is 14.7 Å². The first kappa shape index (κ1) is 24.6. The van der Waals surface area contributed by atoms with Crippen LogP contribution in [-0.4, -0.2) is 32.8 Å². The monoisotopic (exact) mass is 444 g/mol. The van der Waals surface area contributed by atoms with Gasteiger partial charge in [-0.3, -0.25) is 24.0 Å². The van der Waals surface area contributed by atoms with Gasteiger partial charge in [-0.2, -0.15) is 0 Å². The zero-order chi connectivity index (χ0) is 23.7. The van der Waals surface area contributed by atoms with E-state index in [-0.39, 0.29) is 19.7 Å². The molecule has 2 rings (SSSR count). The van der Waals surface area contributed by atoms with Crippen molar-refractivity contribution >= 4 is 12.1 Å². The van der Waals surface area contributed by atoms with Crippen LogP contribution in [0.2, 0.25) is 0 Å². The van der Waals surface area contributed by atoms with Gasteiger partial charge in [-0.05, 0) is 32.4 Å². The van der Waals surface area contributed by atoms with Gasteiger partial charge in [0.05, 0.1) is 13.1 Å². The fraction of sp³-hybridized carbons (Fsp3) is 0.364. The molecule has 0 aliphatic carbocycles. The van der Waals surface area contributed by atoms with Crippen molar-refractivity contribution in [2.75, 3.05) is 0 Å². The Labute approximate surface area is 185 Å². The van der Waals surface area contributed by atoms with E-state index in [1.807, 2.05) is 30.3 Å². The van der Waals surface area contributed by atoms with Gasteiger partial charge in [-0.15, -0.1) is 0 Å². The van der Waals surface area contributed by atoms with Crippen molar-refractivity contribution < 1.29 is 19.1 Å². The van der Waals surface area contributed by atoms with E-state index in [1.54, 1.807) is 20.8 Å². The van der Waals surface area contributed by atoms with Gasteiger partial charge in [-0.25, -0.2) is 9.59 Å². The lowest BCUT2D eigenvalue weighted by Gasteiger charge is -2.22. The molecule has 172 valence electrons. The van der Waals surface area contributed by atoms with E-state index in [2.05, 4.69) is 5.32 Å². The number of rotatable bonds is 8. The number of hydrogen-bond donors (Lipinski definition) is 2. The molecule has 3 N–H and O–H groups in total. The number of nitrogens with two attached hydrogens (primary N) is 1. The molecule has 1 aromatic heterocycles. The Bertz CT molecular complexity index is 1070. The smallest absolute Gasteiger partial charge is 0.411 e. The average molecular weight is 444 g/mol. The van der Waals surface area contributed by atoms with Crippen LogP contribution in [0.1, 0.15) is 26.3 Å². The first-order valence-corrected chi connectivity index (χ1v) is 9.98. The van der Waals surface area contributed by atoms with Crippen LogP contribution in [0.15, 0.2) is 64.5 Å². The third-order valence-corrected chi connectivity index (χ3v) is 4.06. The highest BCUT2D eigenvalue weighted by molar-refractivity contribution is 5.75. The Balaban J connectivity index is 1.94. The number of carbonyl (C=O) groups excluding carboxylic acids is 2. The van der Waals surface area contributed by atoms with Crippen LogP contribution in [0, 0.1) is 0 Å². The van der Waals surface area contributed by atoms with E-state index in [0.29, 0.717) is 0 Å². The summed E-state index contributed by atoms with van der Waals surface area (Å²) in [6.07, 6.45) is 3.30. The van der Waals surface area contributed by atoms with Crippen molar-refractivity contribution in [3.63, 3.8) is 0 Å². The first-order chi connectivity index (χ1) is 15.1. The zero-order valence-electron chi connectivity index (χ0n) is 18.3. The van der Waals surface area contributed by atoms with Crippen molar-refractivity contribution in [2.24, 2.45) is 5.73 Å². The summed E-state index contributed by atoms with van der Waals surface area (Å²) in [6, 6.07) is 9.29. The minimum atomic E-state index is -1.07. The van der Waals surface area contributed by atoms with Gasteiger partial charge in [0.1, 0.15) is 18.2 Å². The molecule has 1 aromatic carbocycles. The van der Waals surface area contributed by atoms with Gasteiger partial charge in [-0.1, -0.05) is 30.3 Å². The predicted molar refractivity (Wildman–Crippen MR) is 118 cm³/mol. The van der Waals surface area contributed by atoms with Gasteiger partial charge < -0.3 is 15.2 Å². The number of amides is 1. The number of hydrogen-bond acceptors (Lipinski definition) is 7. The van der Waals surface area contributed by atoms with Crippen LogP contribution >= 0.6 is 0 Å². The highest BCUT2D eigenvalue weighted by atomic mass is 16.6. The molecule has 0 aliphatic heterocycles. The molecule has 2 aromatic rings. The summed E-state index contributed by atoms with van der Waals surface area (Å²) in [5, 5.41) is 2.40. The fourth-order valence-corrected chi connectivity index (χ4v) is 2.58. The zero-order valence-corrected chi connectivity index (χ0v) is 18.3. The number of ether oxygens (including phenoxy) is 2. The van der Waals surface area contributed by atoms with E-state index in [1.165, 1.54) is 24.5 Å². The highest BCUT2D eigenvalue weighted by Crippen LogP contribution is 2.08. The lowest BCUT2D eigenvalue weighted by atomic mass is 10.2. The lowest BCUT2D eigenvalue weighted by Crippen LogP contribution is -2.45. The fourth-order valence-electron chi connectivity index (χ4n) is 2.58. The summed E-state index contributed by atoms with van der Waals surface area (Å²) < 4.78 is 12.4. The molecule has 1 heterocycles. The second-order valence-corrected chi connectivity index (χ2v) is 7.95. The number of nitrogens with zero attached hydrogens (tertiary/aromatic N) is 2. The third-order valence-electron chi connectivity index (χ3n) is 4.06. The molecule has 0 radical (unpaired) electrons. The van der Waals surface area contributed by atoms with Crippen LogP contribution in [-0.2, 0) is 34.0 Å². The van der Waals surface area contributed by atoms with Crippen molar-refractivity contribution in [3.8, 4) is 0 Å². The molecule has 10 nitrogen and oxygen atoms in total. The normalized spacial score (nSPS) is 12.4. The number of benzene rings is 1. The molecule has 1 atom stereocenters. The minimum Gasteiger partial charge on any atom is -0.459 e. The van der Waals surface area contributed by atoms with Crippen LogP contribution in [0.3, 0.4) is 0 Å². The molecular formula is C22H28N4O6. The number of alkyl carbamates (subject to hydrolysis) is 1. The predicted octanol–water partition coefficient (Wildman–Crippen LogP) is 1.12. The third kappa shape index (κ3) is 7.88. The van der Waals surface area contributed by atoms with E-state index >= 15 is 0 Å². The molecule has 0 saturated carbocycles. The number of aromatic nitrogens is 2. The van der Waals surface area contributed by atoms with Crippen LogP contribution in [0.5, 0.6) is 0 Å². The number of esters is 1. The Kier molecular flexibility index (Phi) is 8.54. The van der Waals surface area contributed by atoms with Crippen molar-refractivity contribution in [3.05, 3.63) is 81.3 Å². The summed E-state index contributed by atoms with van der Waals surface area (Å²) >= 11 is 0. The second kappa shape index (κ2) is 11.1. The van der Waals surface area contributed by atoms with Crippen molar-refractivity contribution in [1.82, 2.24) is 14.5 Å². The summed E-state index contributed by atoms with van der Waals surface area (Å²) in [5.74, 6) is -0.653. The Morgan fingerprint density at radius 2 is 1.84 bits per heavy atom. The molecular weight excluding hydrogens is 416 g/mol. The van der Waals surface area contributed by atoms with Crippen molar-refractivity contribution in [2.45, 2.75) is 52.1 Å². The average Bonchev–Trinajstić information content (AvgIpc) is 2.73. The van der Waals surface area contributed by atoms with Gasteiger partial charge in [0.2, 0.25) is 0 Å². The Morgan fingerprint density at radius 3 is 2.50 bits per heavy atom. The lowest BCUT2D eigenvalue weighted by molar-refractivity contribution is -0.156. The Hall–Kier alpha value is -3.66. The van der Waals surface area contributed by atoms with Gasteiger partial charge in [0.15, 0.2) is 0 Å². The maximum atomic E-state index is 12.6. The maximum absolute atomic E-state index is 12.6. The standard InChI is InChI=1S/C22H28N4O6/c1-22(2,3)32-19(28)17(23)14-25-13-10-18(27)26(21(25)30)12-7-11-24-20(29)31-15-16-8-5-4-6-9-16/h4-11,13,17H,12,14-15,23H2,1-3H3,(H,24,29). The SMILES string of the molecule is CC(C)(C)OC(=O)C(N)Cn1ccc(=O)n(CC=CNC(=O)OCc2ccccc2)c1=O. The molecule has 0 bridgehead atoms. The van der Waals surface area contributed by atoms with Crippen LogP contribution in [0.4, 0.5) is 4.79 Å². The van der Waals surface area contributed by atoms with Gasteiger partial charge in [0.25, 0.3) is 5.56 Å². The molecule has 0 aliphatic rings. The molecule has 0 spiro atoms. The first-order valence-electron chi connectivity index (χ1n) is 9.98. The maximum Gasteiger partial charge on any atom is 0.411 e. The molecule has 1 amide bonds. The number of allylic oxidation sites excluding steroid dienone is 1. The van der Waals surface area contributed by atoms with Gasteiger partial charge in [0, 0.05) is 18.5 Å². The summed E-state index contributed by atoms with van der Waals surface area (Å²) in [6.45, 7) is 4.99. The van der Waals surface area contributed by atoms with Crippen molar-refractivity contribution in [1.29, 1.82) is 0 Å². The topological polar surface area (TPSA) is 135 Å². The second-order valence-electron chi connectivity index (χ2n) is 7.95. The molecule has 0 saturated heterocycles. The molecule has 32 heavy (non-hydrogen) atoms. The molecule has 0 fully saturated rings. The molecule has 1 unspecified atom stereocenters. The summed E-state index contributed by atoms with van der Waals surface area (Å²) in [5.41, 5.74) is 4.79. The van der Waals surface area contributed by atoms with Crippen LogP contribution < -0.4 is 22.3 Å².